The van der Waals surface area contributed by atoms with E-state index in [1.165, 1.54) is 7.05 Å². The number of aromatic nitrogens is 1. The molecule has 0 spiro atoms. The standard InChI is InChI=1S/C20H21F4N3O2/c1-18(2)11-19(3,9-12(10-25)16(18)28)6-8-27(4)17(29)13-5-7-26-15(14(13)21)20(22,23)24/h5,7,9H,6,8,11H2,1-4H3/t19-/m1/s1. The summed E-state index contributed by atoms with van der Waals surface area (Å²) in [5, 5.41) is 9.22. The molecule has 1 aliphatic carbocycles. The lowest BCUT2D eigenvalue weighted by molar-refractivity contribution is -0.143. The van der Waals surface area contributed by atoms with Crippen molar-refractivity contribution in [3.05, 3.63) is 41.0 Å². The van der Waals surface area contributed by atoms with Crippen molar-refractivity contribution in [3.8, 4) is 6.07 Å². The molecule has 1 aliphatic rings. The number of carbonyl (C=O) groups excluding carboxylic acids is 2. The van der Waals surface area contributed by atoms with Gasteiger partial charge in [-0.2, -0.15) is 18.4 Å². The van der Waals surface area contributed by atoms with Gasteiger partial charge in [-0.05, 0) is 24.3 Å². The molecule has 0 bridgehead atoms. The first-order valence-corrected chi connectivity index (χ1v) is 8.87. The molecule has 1 amide bonds. The van der Waals surface area contributed by atoms with E-state index in [2.05, 4.69) is 4.98 Å². The van der Waals surface area contributed by atoms with Gasteiger partial charge in [0, 0.05) is 25.2 Å². The third kappa shape index (κ3) is 4.63. The van der Waals surface area contributed by atoms with Crippen molar-refractivity contribution >= 4 is 11.7 Å². The Kier molecular flexibility index (Phi) is 5.89. The summed E-state index contributed by atoms with van der Waals surface area (Å²) in [4.78, 5) is 28.8. The number of rotatable bonds is 4. The first-order chi connectivity index (χ1) is 13.2. The van der Waals surface area contributed by atoms with Crippen LogP contribution >= 0.6 is 0 Å². The van der Waals surface area contributed by atoms with Crippen LogP contribution in [0.2, 0.25) is 0 Å². The molecule has 1 aromatic rings. The van der Waals surface area contributed by atoms with Crippen molar-refractivity contribution in [2.24, 2.45) is 10.8 Å². The Hall–Kier alpha value is -2.76. The molecule has 2 rings (SSSR count). The van der Waals surface area contributed by atoms with Gasteiger partial charge in [-0.1, -0.05) is 26.8 Å². The zero-order chi connectivity index (χ0) is 22.2. The van der Waals surface area contributed by atoms with Crippen LogP contribution in [0, 0.1) is 28.0 Å². The van der Waals surface area contributed by atoms with Crippen molar-refractivity contribution in [2.75, 3.05) is 13.6 Å². The van der Waals surface area contributed by atoms with E-state index in [4.69, 9.17) is 0 Å². The molecule has 1 heterocycles. The predicted octanol–water partition coefficient (Wildman–Crippen LogP) is 4.16. The molecule has 5 nitrogen and oxygen atoms in total. The summed E-state index contributed by atoms with van der Waals surface area (Å²) in [6.07, 6.45) is -1.91. The predicted molar refractivity (Wildman–Crippen MR) is 96.0 cm³/mol. The van der Waals surface area contributed by atoms with E-state index in [0.717, 1.165) is 17.2 Å². The maximum Gasteiger partial charge on any atom is 0.436 e. The van der Waals surface area contributed by atoms with Gasteiger partial charge >= 0.3 is 6.18 Å². The van der Waals surface area contributed by atoms with Crippen LogP contribution in [0.3, 0.4) is 0 Å². The van der Waals surface area contributed by atoms with Crippen LogP contribution in [0.5, 0.6) is 0 Å². The van der Waals surface area contributed by atoms with E-state index in [-0.39, 0.29) is 17.9 Å². The first kappa shape index (κ1) is 22.5. The molecule has 0 unspecified atom stereocenters. The highest BCUT2D eigenvalue weighted by molar-refractivity contribution is 6.03. The van der Waals surface area contributed by atoms with Crippen LogP contribution in [0.25, 0.3) is 0 Å². The number of pyridine rings is 1. The van der Waals surface area contributed by atoms with Crippen LogP contribution in [0.1, 0.15) is 49.7 Å². The van der Waals surface area contributed by atoms with Gasteiger partial charge in [0.05, 0.1) is 11.1 Å². The third-order valence-electron chi connectivity index (χ3n) is 5.07. The number of carbonyl (C=O) groups is 2. The molecule has 1 aromatic heterocycles. The molecule has 9 heteroatoms. The minimum Gasteiger partial charge on any atom is -0.342 e. The fourth-order valence-electron chi connectivity index (χ4n) is 3.70. The fraction of sp³-hybridized carbons (Fsp3) is 0.500. The molecule has 0 N–H and O–H groups in total. The van der Waals surface area contributed by atoms with Gasteiger partial charge in [-0.3, -0.25) is 9.59 Å². The first-order valence-electron chi connectivity index (χ1n) is 8.87. The second-order valence-corrected chi connectivity index (χ2v) is 8.21. The number of amides is 1. The fourth-order valence-corrected chi connectivity index (χ4v) is 3.70. The van der Waals surface area contributed by atoms with Gasteiger partial charge in [-0.25, -0.2) is 9.37 Å². The summed E-state index contributed by atoms with van der Waals surface area (Å²) in [5.74, 6) is -2.87. The zero-order valence-corrected chi connectivity index (χ0v) is 16.5. The lowest BCUT2D eigenvalue weighted by atomic mass is 9.64. The van der Waals surface area contributed by atoms with Gasteiger partial charge in [0.25, 0.3) is 5.91 Å². The number of hydrogen-bond donors (Lipinski definition) is 0. The molecule has 0 aliphatic heterocycles. The number of hydrogen-bond acceptors (Lipinski definition) is 4. The number of nitrogens with zero attached hydrogens (tertiary/aromatic N) is 3. The van der Waals surface area contributed by atoms with E-state index in [1.807, 2.05) is 13.0 Å². The summed E-state index contributed by atoms with van der Waals surface area (Å²) in [6.45, 7) is 5.40. The summed E-state index contributed by atoms with van der Waals surface area (Å²) < 4.78 is 52.6. The monoisotopic (exact) mass is 411 g/mol. The van der Waals surface area contributed by atoms with E-state index < -0.39 is 40.0 Å². The zero-order valence-electron chi connectivity index (χ0n) is 16.5. The van der Waals surface area contributed by atoms with Gasteiger partial charge in [-0.15, -0.1) is 0 Å². The van der Waals surface area contributed by atoms with Gasteiger partial charge < -0.3 is 4.90 Å². The van der Waals surface area contributed by atoms with Crippen LogP contribution in [-0.2, 0) is 11.0 Å². The Bertz CT molecular complexity index is 915. The molecular formula is C20H21F4N3O2. The van der Waals surface area contributed by atoms with Crippen molar-refractivity contribution in [2.45, 2.75) is 39.8 Å². The molecular weight excluding hydrogens is 390 g/mol. The van der Waals surface area contributed by atoms with E-state index in [0.29, 0.717) is 12.8 Å². The minimum absolute atomic E-state index is 0.0488. The molecule has 156 valence electrons. The van der Waals surface area contributed by atoms with E-state index in [9.17, 15) is 32.4 Å². The minimum atomic E-state index is -5.01. The molecule has 29 heavy (non-hydrogen) atoms. The lowest BCUT2D eigenvalue weighted by Gasteiger charge is -2.39. The second kappa shape index (κ2) is 7.58. The van der Waals surface area contributed by atoms with Crippen molar-refractivity contribution in [3.63, 3.8) is 0 Å². The van der Waals surface area contributed by atoms with Crippen molar-refractivity contribution < 1.29 is 27.2 Å². The maximum absolute atomic E-state index is 14.2. The third-order valence-corrected chi connectivity index (χ3v) is 5.07. The number of Topliss-reactive ketones (excluding diaryl/α,β-unsaturated/α-hetero) is 1. The average molecular weight is 411 g/mol. The van der Waals surface area contributed by atoms with E-state index in [1.54, 1.807) is 19.9 Å². The quantitative estimate of drug-likeness (QED) is 0.698. The number of allylic oxidation sites excluding steroid dienone is 2. The lowest BCUT2D eigenvalue weighted by Crippen LogP contribution is -2.39. The van der Waals surface area contributed by atoms with E-state index >= 15 is 0 Å². The molecule has 0 saturated carbocycles. The second-order valence-electron chi connectivity index (χ2n) is 8.21. The van der Waals surface area contributed by atoms with Crippen LogP contribution in [-0.4, -0.2) is 35.2 Å². The Labute approximate surface area is 166 Å². The molecule has 0 aromatic carbocycles. The number of ketones is 1. The van der Waals surface area contributed by atoms with Gasteiger partial charge in [0.2, 0.25) is 0 Å². The number of halogens is 4. The number of alkyl halides is 3. The molecule has 0 fully saturated rings. The highest BCUT2D eigenvalue weighted by Gasteiger charge is 2.43. The summed E-state index contributed by atoms with van der Waals surface area (Å²) in [6, 6.07) is 2.80. The Morgan fingerprint density at radius 3 is 2.52 bits per heavy atom. The SMILES string of the molecule is CN(CC[C@]1(C)C=C(C#N)C(=O)C(C)(C)C1)C(=O)c1ccnc(C(F)(F)F)c1F. The number of nitriles is 1. The maximum atomic E-state index is 14.2. The normalized spacial score (nSPS) is 21.3. The van der Waals surface area contributed by atoms with Crippen molar-refractivity contribution in [1.82, 2.24) is 9.88 Å². The Morgan fingerprint density at radius 1 is 1.34 bits per heavy atom. The topological polar surface area (TPSA) is 74.1 Å². The van der Waals surface area contributed by atoms with Crippen LogP contribution < -0.4 is 0 Å². The average Bonchev–Trinajstić information content (AvgIpc) is 2.61. The van der Waals surface area contributed by atoms with Crippen LogP contribution in [0.15, 0.2) is 23.9 Å². The highest BCUT2D eigenvalue weighted by Crippen LogP contribution is 2.44. The summed E-state index contributed by atoms with van der Waals surface area (Å²) >= 11 is 0. The van der Waals surface area contributed by atoms with Crippen LogP contribution in [0.4, 0.5) is 17.6 Å². The molecule has 0 saturated heterocycles. The molecule has 0 radical (unpaired) electrons. The van der Waals surface area contributed by atoms with Gasteiger partial charge in [0.15, 0.2) is 17.3 Å². The van der Waals surface area contributed by atoms with Gasteiger partial charge in [0.1, 0.15) is 6.07 Å². The summed E-state index contributed by atoms with van der Waals surface area (Å²) in [5.41, 5.74) is -3.74. The largest absolute Gasteiger partial charge is 0.436 e. The van der Waals surface area contributed by atoms with Crippen molar-refractivity contribution in [1.29, 1.82) is 5.26 Å². The Morgan fingerprint density at radius 2 is 1.97 bits per heavy atom. The summed E-state index contributed by atoms with van der Waals surface area (Å²) in [7, 11) is 1.35. The molecule has 1 atom stereocenters. The smallest absolute Gasteiger partial charge is 0.342 e. The Balaban J connectivity index is 2.21. The highest BCUT2D eigenvalue weighted by atomic mass is 19.4.